The predicted molar refractivity (Wildman–Crippen MR) is 65.3 cm³/mol. The number of hydrogen-bond donors (Lipinski definition) is 1. The lowest BCUT2D eigenvalue weighted by Gasteiger charge is -2.15. The van der Waals surface area contributed by atoms with Crippen molar-refractivity contribution in [2.45, 2.75) is 27.2 Å². The number of pyridine rings is 1. The van der Waals surface area contributed by atoms with Crippen LogP contribution in [-0.4, -0.2) is 17.3 Å². The van der Waals surface area contributed by atoms with Crippen LogP contribution in [0.15, 0.2) is 18.3 Å². The van der Waals surface area contributed by atoms with Gasteiger partial charge in [0.05, 0.1) is 0 Å². The molecule has 1 aromatic rings. The fraction of sp³-hybridized carbons (Fsp3) is 0.538. The Hall–Kier alpha value is -1.22. The van der Waals surface area contributed by atoms with Gasteiger partial charge in [-0.3, -0.25) is 9.78 Å². The van der Waals surface area contributed by atoms with E-state index in [0.29, 0.717) is 18.0 Å². The molecular weight excluding hydrogens is 200 g/mol. The molecule has 1 unspecified atom stereocenters. The van der Waals surface area contributed by atoms with Crippen LogP contribution in [0.5, 0.6) is 0 Å². The van der Waals surface area contributed by atoms with Crippen LogP contribution in [0.1, 0.15) is 36.3 Å². The number of ketones is 1. The van der Waals surface area contributed by atoms with Crippen molar-refractivity contribution < 1.29 is 4.79 Å². The molecule has 0 saturated carbocycles. The number of aromatic nitrogens is 1. The smallest absolute Gasteiger partial charge is 0.168 e. The number of carbonyl (C=O) groups is 1. The molecule has 88 valence electrons. The molecule has 1 atom stereocenters. The van der Waals surface area contributed by atoms with Gasteiger partial charge in [-0.2, -0.15) is 0 Å². The fourth-order valence-electron chi connectivity index (χ4n) is 1.73. The maximum atomic E-state index is 12.1. The molecule has 3 nitrogen and oxygen atoms in total. The molecule has 0 aliphatic carbocycles. The summed E-state index contributed by atoms with van der Waals surface area (Å²) in [4.78, 5) is 16.2. The van der Waals surface area contributed by atoms with E-state index in [4.69, 9.17) is 5.73 Å². The van der Waals surface area contributed by atoms with Gasteiger partial charge in [0.2, 0.25) is 0 Å². The van der Waals surface area contributed by atoms with Gasteiger partial charge in [0.25, 0.3) is 0 Å². The zero-order valence-corrected chi connectivity index (χ0v) is 10.2. The highest BCUT2D eigenvalue weighted by Gasteiger charge is 2.19. The third-order valence-electron chi connectivity index (χ3n) is 2.61. The minimum absolute atomic E-state index is 0.0792. The van der Waals surface area contributed by atoms with E-state index in [1.165, 1.54) is 0 Å². The van der Waals surface area contributed by atoms with Crippen LogP contribution in [0.3, 0.4) is 0 Å². The van der Waals surface area contributed by atoms with Gasteiger partial charge in [0.1, 0.15) is 0 Å². The maximum absolute atomic E-state index is 12.1. The summed E-state index contributed by atoms with van der Waals surface area (Å²) in [5.41, 5.74) is 7.24. The van der Waals surface area contributed by atoms with Crippen molar-refractivity contribution >= 4 is 5.78 Å². The molecule has 0 spiro atoms. The number of carbonyl (C=O) groups excluding carboxylic acids is 1. The van der Waals surface area contributed by atoms with Gasteiger partial charge in [0.15, 0.2) is 5.78 Å². The largest absolute Gasteiger partial charge is 0.330 e. The van der Waals surface area contributed by atoms with Crippen molar-refractivity contribution in [2.24, 2.45) is 17.6 Å². The highest BCUT2D eigenvalue weighted by atomic mass is 16.1. The summed E-state index contributed by atoms with van der Waals surface area (Å²) in [6, 6.07) is 3.68. The van der Waals surface area contributed by atoms with Gasteiger partial charge in [-0.05, 0) is 31.4 Å². The number of hydrogen-bond acceptors (Lipinski definition) is 3. The first kappa shape index (κ1) is 12.8. The van der Waals surface area contributed by atoms with Crippen molar-refractivity contribution in [1.82, 2.24) is 4.98 Å². The molecule has 1 heterocycles. The van der Waals surface area contributed by atoms with Gasteiger partial charge in [-0.1, -0.05) is 13.8 Å². The van der Waals surface area contributed by atoms with Gasteiger partial charge >= 0.3 is 0 Å². The van der Waals surface area contributed by atoms with Gasteiger partial charge in [0, 0.05) is 29.9 Å². The number of nitrogens with zero attached hydrogens (tertiary/aromatic N) is 1. The van der Waals surface area contributed by atoms with Gasteiger partial charge in [-0.15, -0.1) is 0 Å². The average Bonchev–Trinajstić information content (AvgIpc) is 2.25. The van der Waals surface area contributed by atoms with Crippen LogP contribution in [0, 0.1) is 18.8 Å². The van der Waals surface area contributed by atoms with Crippen LogP contribution in [0.25, 0.3) is 0 Å². The van der Waals surface area contributed by atoms with Crippen LogP contribution < -0.4 is 5.73 Å². The second-order valence-electron chi connectivity index (χ2n) is 4.61. The Morgan fingerprint density at radius 3 is 2.56 bits per heavy atom. The first-order valence-corrected chi connectivity index (χ1v) is 5.71. The van der Waals surface area contributed by atoms with Crippen molar-refractivity contribution in [3.8, 4) is 0 Å². The number of rotatable bonds is 5. The fourth-order valence-corrected chi connectivity index (χ4v) is 1.73. The van der Waals surface area contributed by atoms with Gasteiger partial charge in [-0.25, -0.2) is 0 Å². The Bertz CT molecular complexity index is 343. The number of Topliss-reactive ketones (excluding diaryl/α,β-unsaturated/α-hetero) is 1. The Kier molecular flexibility index (Phi) is 4.62. The molecule has 0 bridgehead atoms. The first-order valence-electron chi connectivity index (χ1n) is 5.71. The molecular formula is C13H20N2O. The molecule has 2 N–H and O–H groups in total. The molecule has 0 aromatic carbocycles. The summed E-state index contributed by atoms with van der Waals surface area (Å²) in [5.74, 6) is 0.518. The average molecular weight is 220 g/mol. The predicted octanol–water partition coefficient (Wildman–Crippen LogP) is 2.19. The molecule has 3 heteroatoms. The third-order valence-corrected chi connectivity index (χ3v) is 2.61. The van der Waals surface area contributed by atoms with Crippen LogP contribution >= 0.6 is 0 Å². The lowest BCUT2D eigenvalue weighted by atomic mass is 9.90. The quantitative estimate of drug-likeness (QED) is 0.774. The van der Waals surface area contributed by atoms with E-state index in [0.717, 1.165) is 12.1 Å². The summed E-state index contributed by atoms with van der Waals surface area (Å²) in [6.07, 6.45) is 2.48. The zero-order chi connectivity index (χ0) is 12.1. The Labute approximate surface area is 97.1 Å². The van der Waals surface area contributed by atoms with E-state index >= 15 is 0 Å². The summed E-state index contributed by atoms with van der Waals surface area (Å²) in [7, 11) is 0. The maximum Gasteiger partial charge on any atom is 0.168 e. The molecule has 16 heavy (non-hydrogen) atoms. The van der Waals surface area contributed by atoms with E-state index < -0.39 is 0 Å². The standard InChI is InChI=1S/C13H20N2O/c1-9(2)6-12(7-14)13(16)11-5-4-10(3)15-8-11/h4-5,8-9,12H,6-7,14H2,1-3H3. The van der Waals surface area contributed by atoms with Gasteiger partial charge < -0.3 is 5.73 Å². The van der Waals surface area contributed by atoms with E-state index in [-0.39, 0.29) is 11.7 Å². The van der Waals surface area contributed by atoms with E-state index in [9.17, 15) is 4.79 Å². The minimum atomic E-state index is -0.0792. The van der Waals surface area contributed by atoms with Crippen molar-refractivity contribution in [2.75, 3.05) is 6.54 Å². The van der Waals surface area contributed by atoms with Crippen molar-refractivity contribution in [3.05, 3.63) is 29.6 Å². The second-order valence-corrected chi connectivity index (χ2v) is 4.61. The molecule has 0 saturated heterocycles. The summed E-state index contributed by atoms with van der Waals surface area (Å²) in [5, 5.41) is 0. The second kappa shape index (κ2) is 5.75. The molecule has 0 fully saturated rings. The summed E-state index contributed by atoms with van der Waals surface area (Å²) >= 11 is 0. The third kappa shape index (κ3) is 3.42. The molecule has 0 aliphatic rings. The Morgan fingerprint density at radius 1 is 1.44 bits per heavy atom. The molecule has 1 aromatic heterocycles. The lowest BCUT2D eigenvalue weighted by molar-refractivity contribution is 0.0908. The highest BCUT2D eigenvalue weighted by molar-refractivity contribution is 5.97. The lowest BCUT2D eigenvalue weighted by Crippen LogP contribution is -2.25. The summed E-state index contributed by atoms with van der Waals surface area (Å²) in [6.45, 7) is 6.51. The van der Waals surface area contributed by atoms with Crippen LogP contribution in [0.4, 0.5) is 0 Å². The summed E-state index contributed by atoms with van der Waals surface area (Å²) < 4.78 is 0. The normalized spacial score (nSPS) is 12.8. The Balaban J connectivity index is 2.78. The monoisotopic (exact) mass is 220 g/mol. The molecule has 0 amide bonds. The van der Waals surface area contributed by atoms with E-state index in [2.05, 4.69) is 18.8 Å². The van der Waals surface area contributed by atoms with Crippen molar-refractivity contribution in [3.63, 3.8) is 0 Å². The molecule has 1 rings (SSSR count). The topological polar surface area (TPSA) is 56.0 Å². The van der Waals surface area contributed by atoms with Crippen LogP contribution in [-0.2, 0) is 0 Å². The Morgan fingerprint density at radius 2 is 2.12 bits per heavy atom. The first-order chi connectivity index (χ1) is 7.54. The number of aryl methyl sites for hydroxylation is 1. The van der Waals surface area contributed by atoms with Crippen molar-refractivity contribution in [1.29, 1.82) is 0 Å². The van der Waals surface area contributed by atoms with E-state index in [1.807, 2.05) is 19.1 Å². The highest BCUT2D eigenvalue weighted by Crippen LogP contribution is 2.16. The SMILES string of the molecule is Cc1ccc(C(=O)C(CN)CC(C)C)cn1. The zero-order valence-electron chi connectivity index (χ0n) is 10.2. The molecule has 0 aliphatic heterocycles. The van der Waals surface area contributed by atoms with E-state index in [1.54, 1.807) is 6.20 Å². The van der Waals surface area contributed by atoms with Crippen LogP contribution in [0.2, 0.25) is 0 Å². The minimum Gasteiger partial charge on any atom is -0.330 e. The number of nitrogens with two attached hydrogens (primary N) is 1. The molecule has 0 radical (unpaired) electrons.